The molecule has 0 amide bonds. The summed E-state index contributed by atoms with van der Waals surface area (Å²) in [6, 6.07) is 7.45. The third-order valence-electron chi connectivity index (χ3n) is 3.10. The molecule has 0 radical (unpaired) electrons. The Hall–Kier alpha value is -1.26. The van der Waals surface area contributed by atoms with Crippen LogP contribution in [-0.2, 0) is 4.79 Å². The van der Waals surface area contributed by atoms with E-state index in [1.807, 2.05) is 30.3 Å². The highest BCUT2D eigenvalue weighted by Crippen LogP contribution is 2.32. The van der Waals surface area contributed by atoms with Gasteiger partial charge in [-0.3, -0.25) is 4.79 Å². The average molecular weight is 264 g/mol. The highest BCUT2D eigenvalue weighted by Gasteiger charge is 2.18. The molecule has 0 saturated carbocycles. The molecule has 0 unspecified atom stereocenters. The number of aliphatic hydroxyl groups excluding tert-OH is 1. The van der Waals surface area contributed by atoms with E-state index < -0.39 is 11.9 Å². The van der Waals surface area contributed by atoms with Gasteiger partial charge in [0.1, 0.15) is 0 Å². The van der Waals surface area contributed by atoms with Gasteiger partial charge in [0.05, 0.1) is 12.0 Å². The maximum atomic E-state index is 10.9. The molecule has 1 aliphatic heterocycles. The van der Waals surface area contributed by atoms with Crippen LogP contribution < -0.4 is 0 Å². The summed E-state index contributed by atoms with van der Waals surface area (Å²) in [5.41, 5.74) is 1.80. The fraction of sp³-hybridized carbons (Fsp3) is 0.357. The van der Waals surface area contributed by atoms with E-state index >= 15 is 0 Å². The van der Waals surface area contributed by atoms with Crippen molar-refractivity contribution in [3.8, 4) is 0 Å². The van der Waals surface area contributed by atoms with Crippen molar-refractivity contribution in [1.82, 2.24) is 0 Å². The fourth-order valence-corrected chi connectivity index (χ4v) is 2.96. The minimum absolute atomic E-state index is 0.340. The summed E-state index contributed by atoms with van der Waals surface area (Å²) in [5, 5.41) is 18.6. The van der Waals surface area contributed by atoms with Crippen LogP contribution in [0.3, 0.4) is 0 Å². The number of hydrogen-bond donors (Lipinski definition) is 2. The van der Waals surface area contributed by atoms with Gasteiger partial charge >= 0.3 is 5.97 Å². The second kappa shape index (κ2) is 5.59. The molecule has 2 rings (SSSR count). The minimum Gasteiger partial charge on any atom is -0.481 e. The van der Waals surface area contributed by atoms with Crippen LogP contribution in [0.15, 0.2) is 29.2 Å². The number of benzene rings is 1. The van der Waals surface area contributed by atoms with Crippen molar-refractivity contribution in [1.29, 1.82) is 0 Å². The van der Waals surface area contributed by atoms with Gasteiger partial charge in [0.25, 0.3) is 0 Å². The van der Waals surface area contributed by atoms with Crippen LogP contribution in [0.25, 0.3) is 6.08 Å². The van der Waals surface area contributed by atoms with E-state index in [-0.39, 0.29) is 6.10 Å². The van der Waals surface area contributed by atoms with Gasteiger partial charge in [-0.15, -0.1) is 11.8 Å². The Morgan fingerprint density at radius 1 is 1.44 bits per heavy atom. The predicted molar refractivity (Wildman–Crippen MR) is 73.6 cm³/mol. The number of carbonyl (C=O) groups is 1. The molecule has 2 N–H and O–H groups in total. The van der Waals surface area contributed by atoms with Crippen molar-refractivity contribution >= 4 is 23.8 Å². The summed E-state index contributed by atoms with van der Waals surface area (Å²) >= 11 is 1.68. The Morgan fingerprint density at radius 2 is 2.11 bits per heavy atom. The summed E-state index contributed by atoms with van der Waals surface area (Å²) in [4.78, 5) is 11.9. The normalized spacial score (nSPS) is 23.2. The molecule has 1 aromatic carbocycles. The predicted octanol–water partition coefficient (Wildman–Crippen LogP) is 2.71. The first-order valence-electron chi connectivity index (χ1n) is 5.93. The standard InChI is InChI=1S/C14H16O3S/c1-9(14(16)17)11-4-2-10(3-5-11)8-13-12(15)6-7-18-13/h2-5,8-9,12,15H,6-7H2,1H3,(H,16,17)/b13-8-/t9-,12-/m0/s1. The lowest BCUT2D eigenvalue weighted by Gasteiger charge is -2.07. The molecule has 1 fully saturated rings. The number of rotatable bonds is 3. The Labute approximate surface area is 111 Å². The van der Waals surface area contributed by atoms with Crippen molar-refractivity contribution in [3.63, 3.8) is 0 Å². The lowest BCUT2D eigenvalue weighted by molar-refractivity contribution is -0.138. The van der Waals surface area contributed by atoms with E-state index in [4.69, 9.17) is 5.11 Å². The first-order chi connectivity index (χ1) is 8.58. The summed E-state index contributed by atoms with van der Waals surface area (Å²) in [6.45, 7) is 1.67. The van der Waals surface area contributed by atoms with Gasteiger partial charge in [0, 0.05) is 10.7 Å². The lowest BCUT2D eigenvalue weighted by atomic mass is 10.00. The number of carboxylic acids is 1. The molecule has 3 nitrogen and oxygen atoms in total. The number of aliphatic hydroxyl groups is 1. The molecule has 0 spiro atoms. The van der Waals surface area contributed by atoms with E-state index in [1.54, 1.807) is 18.7 Å². The Bertz CT molecular complexity index is 464. The van der Waals surface area contributed by atoms with Crippen LogP contribution in [0.1, 0.15) is 30.4 Å². The average Bonchev–Trinajstić information content (AvgIpc) is 2.75. The van der Waals surface area contributed by atoms with Gasteiger partial charge in [-0.05, 0) is 30.5 Å². The number of hydrogen-bond acceptors (Lipinski definition) is 3. The van der Waals surface area contributed by atoms with E-state index in [9.17, 15) is 9.90 Å². The second-order valence-electron chi connectivity index (χ2n) is 4.43. The molecule has 0 aliphatic carbocycles. The molecule has 0 bridgehead atoms. The van der Waals surface area contributed by atoms with E-state index in [1.165, 1.54) is 0 Å². The zero-order chi connectivity index (χ0) is 13.1. The van der Waals surface area contributed by atoms with Crippen LogP contribution in [0.4, 0.5) is 0 Å². The maximum Gasteiger partial charge on any atom is 0.310 e. The molecular formula is C14H16O3S. The molecule has 4 heteroatoms. The summed E-state index contributed by atoms with van der Waals surface area (Å²) < 4.78 is 0. The maximum absolute atomic E-state index is 10.9. The van der Waals surface area contributed by atoms with Crippen molar-refractivity contribution in [2.24, 2.45) is 0 Å². The molecule has 2 atom stereocenters. The van der Waals surface area contributed by atoms with E-state index in [0.29, 0.717) is 0 Å². The van der Waals surface area contributed by atoms with Gasteiger partial charge in [-0.2, -0.15) is 0 Å². The molecule has 1 aromatic rings. The van der Waals surface area contributed by atoms with E-state index in [2.05, 4.69) is 0 Å². The van der Waals surface area contributed by atoms with Crippen LogP contribution in [-0.4, -0.2) is 28.0 Å². The molecule has 0 aromatic heterocycles. The first-order valence-corrected chi connectivity index (χ1v) is 6.91. The largest absolute Gasteiger partial charge is 0.481 e. The van der Waals surface area contributed by atoms with Crippen molar-refractivity contribution < 1.29 is 15.0 Å². The molecule has 18 heavy (non-hydrogen) atoms. The highest BCUT2D eigenvalue weighted by molar-refractivity contribution is 8.03. The molecule has 96 valence electrons. The topological polar surface area (TPSA) is 57.5 Å². The lowest BCUT2D eigenvalue weighted by Crippen LogP contribution is -2.07. The molecule has 1 aliphatic rings. The van der Waals surface area contributed by atoms with Gasteiger partial charge in [-0.1, -0.05) is 24.3 Å². The quantitative estimate of drug-likeness (QED) is 0.881. The van der Waals surface area contributed by atoms with Crippen molar-refractivity contribution in [3.05, 3.63) is 40.3 Å². The fourth-order valence-electron chi connectivity index (χ4n) is 1.85. The second-order valence-corrected chi connectivity index (χ2v) is 5.59. The Kier molecular flexibility index (Phi) is 4.09. The Balaban J connectivity index is 2.15. The zero-order valence-corrected chi connectivity index (χ0v) is 11.0. The monoisotopic (exact) mass is 264 g/mol. The SMILES string of the molecule is C[C@H](C(=O)O)c1ccc(/C=C2\SCC[C@@H]2O)cc1. The summed E-state index contributed by atoms with van der Waals surface area (Å²) in [7, 11) is 0. The highest BCUT2D eigenvalue weighted by atomic mass is 32.2. The van der Waals surface area contributed by atoms with Gasteiger partial charge in [0.15, 0.2) is 0 Å². The van der Waals surface area contributed by atoms with E-state index in [0.717, 1.165) is 28.2 Å². The Morgan fingerprint density at radius 3 is 2.61 bits per heavy atom. The van der Waals surface area contributed by atoms with Gasteiger partial charge < -0.3 is 10.2 Å². The van der Waals surface area contributed by atoms with Gasteiger partial charge in [-0.25, -0.2) is 0 Å². The minimum atomic E-state index is -0.817. The third-order valence-corrected chi connectivity index (χ3v) is 4.27. The van der Waals surface area contributed by atoms with Gasteiger partial charge in [0.2, 0.25) is 0 Å². The van der Waals surface area contributed by atoms with Crippen LogP contribution in [0.5, 0.6) is 0 Å². The number of thioether (sulfide) groups is 1. The molecular weight excluding hydrogens is 248 g/mol. The molecule has 1 heterocycles. The summed E-state index contributed by atoms with van der Waals surface area (Å²) in [5.74, 6) is -0.345. The van der Waals surface area contributed by atoms with Crippen LogP contribution >= 0.6 is 11.8 Å². The smallest absolute Gasteiger partial charge is 0.310 e. The number of carboxylic acid groups (broad SMARTS) is 1. The van der Waals surface area contributed by atoms with Crippen LogP contribution in [0, 0.1) is 0 Å². The number of aliphatic carboxylic acids is 1. The van der Waals surface area contributed by atoms with Crippen molar-refractivity contribution in [2.45, 2.75) is 25.4 Å². The first kappa shape index (κ1) is 13.2. The third kappa shape index (κ3) is 2.94. The molecule has 1 saturated heterocycles. The van der Waals surface area contributed by atoms with Crippen molar-refractivity contribution in [2.75, 3.05) is 5.75 Å². The summed E-state index contributed by atoms with van der Waals surface area (Å²) in [6.07, 6.45) is 2.44. The van der Waals surface area contributed by atoms with Crippen LogP contribution in [0.2, 0.25) is 0 Å². The zero-order valence-electron chi connectivity index (χ0n) is 10.2.